The Morgan fingerprint density at radius 2 is 2.05 bits per heavy atom. The number of benzene rings is 1. The maximum absolute atomic E-state index is 9.64. The van der Waals surface area contributed by atoms with Gasteiger partial charge in [-0.15, -0.1) is 0 Å². The molecule has 1 aromatic carbocycles. The van der Waals surface area contributed by atoms with E-state index in [1.165, 1.54) is 22.3 Å². The van der Waals surface area contributed by atoms with E-state index in [0.29, 0.717) is 11.7 Å². The quantitative estimate of drug-likeness (QED) is 0.725. The fourth-order valence-corrected chi connectivity index (χ4v) is 3.17. The van der Waals surface area contributed by atoms with Crippen LogP contribution in [-0.4, -0.2) is 5.11 Å². The normalized spacial score (nSPS) is 22.7. The van der Waals surface area contributed by atoms with Crippen LogP contribution in [0, 0.1) is 5.92 Å². The highest BCUT2D eigenvalue weighted by Gasteiger charge is 2.29. The molecule has 0 fully saturated rings. The van der Waals surface area contributed by atoms with Gasteiger partial charge in [0.2, 0.25) is 0 Å². The Hall–Kier alpha value is -2.28. The van der Waals surface area contributed by atoms with Crippen molar-refractivity contribution in [3.8, 4) is 5.75 Å². The van der Waals surface area contributed by atoms with E-state index in [-0.39, 0.29) is 0 Å². The number of phenolic OH excluding ortho intramolecular Hbond substituents is 1. The summed E-state index contributed by atoms with van der Waals surface area (Å²) in [6.07, 6.45) is 16.3. The number of fused-ring (bicyclic) bond motifs is 5. The molecule has 3 aliphatic carbocycles. The molecule has 0 amide bonds. The van der Waals surface area contributed by atoms with Crippen molar-refractivity contribution < 1.29 is 5.11 Å². The summed E-state index contributed by atoms with van der Waals surface area (Å²) >= 11 is 0. The molecule has 0 radical (unpaired) electrons. The summed E-state index contributed by atoms with van der Waals surface area (Å²) in [5.41, 5.74) is 6.41. The highest BCUT2D eigenvalue weighted by atomic mass is 16.3. The molecule has 0 aromatic heterocycles. The second-order valence-corrected chi connectivity index (χ2v) is 5.19. The van der Waals surface area contributed by atoms with Gasteiger partial charge in [-0.1, -0.05) is 48.6 Å². The van der Waals surface area contributed by atoms with Gasteiger partial charge in [0.25, 0.3) is 0 Å². The lowest BCUT2D eigenvalue weighted by atomic mass is 9.87. The first-order valence-corrected chi connectivity index (χ1v) is 6.63. The molecule has 0 saturated heterocycles. The summed E-state index contributed by atoms with van der Waals surface area (Å²) in [4.78, 5) is 0. The van der Waals surface area contributed by atoms with Crippen LogP contribution in [0.1, 0.15) is 17.5 Å². The minimum Gasteiger partial charge on any atom is -0.508 e. The minimum atomic E-state index is 0.323. The van der Waals surface area contributed by atoms with Gasteiger partial charge in [0, 0.05) is 5.92 Å². The highest BCUT2D eigenvalue weighted by Crippen LogP contribution is 2.46. The van der Waals surface area contributed by atoms with Crippen LogP contribution in [0.4, 0.5) is 0 Å². The lowest BCUT2D eigenvalue weighted by molar-refractivity contribution is 0.475. The number of rotatable bonds is 0. The average Bonchev–Trinajstić information content (AvgIpc) is 2.69. The maximum Gasteiger partial charge on any atom is 0.116 e. The first kappa shape index (κ1) is 10.6. The van der Waals surface area contributed by atoms with Crippen molar-refractivity contribution in [2.45, 2.75) is 6.42 Å². The second kappa shape index (κ2) is 3.86. The van der Waals surface area contributed by atoms with Crippen molar-refractivity contribution in [2.75, 3.05) is 0 Å². The van der Waals surface area contributed by atoms with Gasteiger partial charge in [-0.05, 0) is 46.4 Å². The van der Waals surface area contributed by atoms with Gasteiger partial charge >= 0.3 is 0 Å². The molecular weight excluding hydrogens is 232 g/mol. The van der Waals surface area contributed by atoms with Gasteiger partial charge in [0.05, 0.1) is 0 Å². The van der Waals surface area contributed by atoms with E-state index in [1.54, 1.807) is 6.07 Å². The number of phenols is 1. The van der Waals surface area contributed by atoms with Crippen LogP contribution in [0.3, 0.4) is 0 Å². The van der Waals surface area contributed by atoms with Crippen LogP contribution in [0.25, 0.3) is 11.6 Å². The second-order valence-electron chi connectivity index (χ2n) is 5.19. The van der Waals surface area contributed by atoms with Crippen LogP contribution in [0.5, 0.6) is 5.75 Å². The summed E-state index contributed by atoms with van der Waals surface area (Å²) in [5, 5.41) is 9.64. The van der Waals surface area contributed by atoms with Crippen LogP contribution < -0.4 is 0 Å². The highest BCUT2D eigenvalue weighted by molar-refractivity contribution is 5.92. The van der Waals surface area contributed by atoms with Crippen molar-refractivity contribution in [1.29, 1.82) is 0 Å². The molecule has 1 N–H and O–H groups in total. The van der Waals surface area contributed by atoms with E-state index < -0.39 is 0 Å². The molecule has 1 nitrogen and oxygen atoms in total. The van der Waals surface area contributed by atoms with Crippen molar-refractivity contribution in [3.05, 3.63) is 76.9 Å². The molecule has 0 bridgehead atoms. The zero-order valence-electron chi connectivity index (χ0n) is 10.5. The van der Waals surface area contributed by atoms with Crippen molar-refractivity contribution in [2.24, 2.45) is 5.92 Å². The van der Waals surface area contributed by atoms with E-state index in [0.717, 1.165) is 12.0 Å². The van der Waals surface area contributed by atoms with Crippen molar-refractivity contribution in [3.63, 3.8) is 0 Å². The predicted octanol–water partition coefficient (Wildman–Crippen LogP) is 4.24. The molecule has 0 spiro atoms. The van der Waals surface area contributed by atoms with Crippen molar-refractivity contribution >= 4 is 11.6 Å². The van der Waals surface area contributed by atoms with E-state index in [4.69, 9.17) is 0 Å². The van der Waals surface area contributed by atoms with E-state index in [1.807, 2.05) is 12.1 Å². The fraction of sp³-hybridized carbons (Fsp3) is 0.111. The standard InChI is InChI=1S/C18H14O/c19-14-8-9-16-12(10-14)5-3-7-17-15-6-2-1-4-13(15)11-18(16)17/h1-5,7-11,15,19H,6H2. The van der Waals surface area contributed by atoms with Gasteiger partial charge in [-0.3, -0.25) is 0 Å². The molecule has 1 unspecified atom stereocenters. The Balaban J connectivity index is 1.94. The van der Waals surface area contributed by atoms with E-state index in [9.17, 15) is 5.11 Å². The zero-order chi connectivity index (χ0) is 12.8. The summed E-state index contributed by atoms with van der Waals surface area (Å²) in [7, 11) is 0. The fourth-order valence-electron chi connectivity index (χ4n) is 3.17. The molecule has 92 valence electrons. The van der Waals surface area contributed by atoms with Gasteiger partial charge in [0.1, 0.15) is 5.75 Å². The monoisotopic (exact) mass is 246 g/mol. The Kier molecular flexibility index (Phi) is 2.16. The number of allylic oxidation sites excluding steroid dienone is 9. The molecule has 0 saturated carbocycles. The topological polar surface area (TPSA) is 20.2 Å². The number of hydrogen-bond acceptors (Lipinski definition) is 1. The molecule has 1 aromatic rings. The van der Waals surface area contributed by atoms with Gasteiger partial charge < -0.3 is 5.11 Å². The van der Waals surface area contributed by atoms with Gasteiger partial charge in [0.15, 0.2) is 0 Å². The molecule has 1 heteroatoms. The molecule has 3 aliphatic rings. The SMILES string of the molecule is Oc1ccc2c(c1)C=CC=C1C2=CC2=CC=CCC21. The van der Waals surface area contributed by atoms with E-state index >= 15 is 0 Å². The molecule has 19 heavy (non-hydrogen) atoms. The largest absolute Gasteiger partial charge is 0.508 e. The first-order valence-electron chi connectivity index (χ1n) is 6.63. The first-order chi connectivity index (χ1) is 9.33. The molecule has 1 atom stereocenters. The summed E-state index contributed by atoms with van der Waals surface area (Å²) in [6, 6.07) is 5.62. The number of aromatic hydroxyl groups is 1. The zero-order valence-corrected chi connectivity index (χ0v) is 10.5. The van der Waals surface area contributed by atoms with Crippen LogP contribution in [0.2, 0.25) is 0 Å². The Morgan fingerprint density at radius 3 is 3.00 bits per heavy atom. The molecule has 0 aliphatic heterocycles. The molecule has 4 rings (SSSR count). The van der Waals surface area contributed by atoms with Crippen LogP contribution in [0.15, 0.2) is 65.8 Å². The summed E-state index contributed by atoms with van der Waals surface area (Å²) in [6.45, 7) is 0. The Morgan fingerprint density at radius 1 is 1.11 bits per heavy atom. The Labute approximate surface area is 112 Å². The molecular formula is C18H14O. The smallest absolute Gasteiger partial charge is 0.116 e. The minimum absolute atomic E-state index is 0.323. The third-order valence-electron chi connectivity index (χ3n) is 4.07. The van der Waals surface area contributed by atoms with Gasteiger partial charge in [-0.25, -0.2) is 0 Å². The average molecular weight is 246 g/mol. The third kappa shape index (κ3) is 1.55. The number of hydrogen-bond donors (Lipinski definition) is 1. The lowest BCUT2D eigenvalue weighted by Crippen LogP contribution is -2.02. The predicted molar refractivity (Wildman–Crippen MR) is 78.5 cm³/mol. The summed E-state index contributed by atoms with van der Waals surface area (Å²) in [5.74, 6) is 0.827. The molecule has 0 heterocycles. The summed E-state index contributed by atoms with van der Waals surface area (Å²) < 4.78 is 0. The third-order valence-corrected chi connectivity index (χ3v) is 4.07. The van der Waals surface area contributed by atoms with Gasteiger partial charge in [-0.2, -0.15) is 0 Å². The van der Waals surface area contributed by atoms with E-state index in [2.05, 4.69) is 42.5 Å². The Bertz CT molecular complexity index is 711. The van der Waals surface area contributed by atoms with Crippen molar-refractivity contribution in [1.82, 2.24) is 0 Å². The van der Waals surface area contributed by atoms with Crippen LogP contribution in [-0.2, 0) is 0 Å². The van der Waals surface area contributed by atoms with Crippen LogP contribution >= 0.6 is 0 Å². The maximum atomic E-state index is 9.64. The lowest BCUT2D eigenvalue weighted by Gasteiger charge is -2.16.